The number of carbonyl (C=O) groups is 5. The van der Waals surface area contributed by atoms with Crippen molar-refractivity contribution in [3.63, 3.8) is 0 Å². The van der Waals surface area contributed by atoms with Gasteiger partial charge in [0.25, 0.3) is 0 Å². The number of rotatable bonds is 17. The van der Waals surface area contributed by atoms with Crippen LogP contribution in [0.25, 0.3) is 0 Å². The van der Waals surface area contributed by atoms with Gasteiger partial charge in [-0.15, -0.1) is 0 Å². The highest BCUT2D eigenvalue weighted by atomic mass is 16.4. The average Bonchev–Trinajstić information content (AvgIpc) is 2.86. The highest BCUT2D eigenvalue weighted by Gasteiger charge is 2.32. The van der Waals surface area contributed by atoms with Crippen LogP contribution < -0.4 is 33.2 Å². The molecule has 5 atom stereocenters. The molecule has 0 fully saturated rings. The number of hydrogen-bond acceptors (Lipinski definition) is 9. The molecule has 0 saturated carbocycles. The summed E-state index contributed by atoms with van der Waals surface area (Å²) in [5, 5.41) is 44.3. The number of hydrogen-bond donors (Lipinski definition) is 10. The molecule has 3 amide bonds. The summed E-state index contributed by atoms with van der Waals surface area (Å²) in [6.45, 7) is 1.24. The molecule has 0 aliphatic carbocycles. The van der Waals surface area contributed by atoms with Gasteiger partial charge in [-0.2, -0.15) is 0 Å². The van der Waals surface area contributed by atoms with Gasteiger partial charge in [-0.05, 0) is 50.3 Å². The number of aromatic hydroxyl groups is 1. The maximum Gasteiger partial charge on any atom is 0.328 e. The predicted octanol–water partition coefficient (Wildman–Crippen LogP) is -2.90. The summed E-state index contributed by atoms with van der Waals surface area (Å²) in [5.74, 6) is -5.59. The zero-order valence-corrected chi connectivity index (χ0v) is 21.9. The summed E-state index contributed by atoms with van der Waals surface area (Å²) in [6.07, 6.45) is -2.15. The van der Waals surface area contributed by atoms with Gasteiger partial charge in [0.1, 0.15) is 17.8 Å². The number of guanidine groups is 1. The number of phenols is 1. The summed E-state index contributed by atoms with van der Waals surface area (Å²) >= 11 is 0. The third-order valence-electron chi connectivity index (χ3n) is 5.63. The predicted molar refractivity (Wildman–Crippen MR) is 142 cm³/mol. The zero-order chi connectivity index (χ0) is 30.4. The fourth-order valence-electron chi connectivity index (χ4n) is 3.48. The molecule has 0 saturated heterocycles. The number of carboxylic acid groups (broad SMARTS) is 2. The molecule has 0 bridgehead atoms. The second-order valence-electron chi connectivity index (χ2n) is 9.05. The summed E-state index contributed by atoms with van der Waals surface area (Å²) in [5.41, 5.74) is 17.3. The summed E-state index contributed by atoms with van der Waals surface area (Å²) < 4.78 is 0. The number of aliphatic carboxylic acids is 2. The summed E-state index contributed by atoms with van der Waals surface area (Å²) in [4.78, 5) is 65.0. The van der Waals surface area contributed by atoms with Crippen LogP contribution in [-0.4, -0.2) is 92.9 Å². The first-order chi connectivity index (χ1) is 18.7. The van der Waals surface area contributed by atoms with Gasteiger partial charge in [0.05, 0.1) is 12.1 Å². The van der Waals surface area contributed by atoms with Crippen molar-refractivity contribution in [1.29, 1.82) is 0 Å². The number of benzene rings is 1. The van der Waals surface area contributed by atoms with E-state index in [1.807, 2.05) is 0 Å². The lowest BCUT2D eigenvalue weighted by atomic mass is 10.0. The topological polar surface area (TPSA) is 293 Å². The lowest BCUT2D eigenvalue weighted by Gasteiger charge is -2.25. The fourth-order valence-corrected chi connectivity index (χ4v) is 3.48. The summed E-state index contributed by atoms with van der Waals surface area (Å²) in [6, 6.07) is 0.432. The minimum Gasteiger partial charge on any atom is -0.508 e. The normalized spacial score (nSPS) is 14.5. The third kappa shape index (κ3) is 12.4. The van der Waals surface area contributed by atoms with E-state index >= 15 is 0 Å². The van der Waals surface area contributed by atoms with Crippen LogP contribution in [0.4, 0.5) is 0 Å². The zero-order valence-electron chi connectivity index (χ0n) is 21.9. The molecule has 1 aromatic rings. The SMILES string of the molecule is CC(O)C(NC(=O)C(CCC(=O)O)NC(=O)C(CCCN=C(N)N)NC(=O)C(N)Cc1ccc(O)cc1)C(=O)O. The molecule has 1 rings (SSSR count). The first-order valence-electron chi connectivity index (χ1n) is 12.3. The fraction of sp³-hybridized carbons (Fsp3) is 0.500. The Hall–Kier alpha value is -4.44. The van der Waals surface area contributed by atoms with Crippen LogP contribution in [-0.2, 0) is 30.4 Å². The van der Waals surface area contributed by atoms with Crippen molar-refractivity contribution in [1.82, 2.24) is 16.0 Å². The van der Waals surface area contributed by atoms with E-state index in [-0.39, 0.29) is 37.5 Å². The first-order valence-corrected chi connectivity index (χ1v) is 12.3. The van der Waals surface area contributed by atoms with Gasteiger partial charge in [0.15, 0.2) is 12.0 Å². The molecule has 40 heavy (non-hydrogen) atoms. The van der Waals surface area contributed by atoms with Gasteiger partial charge in [-0.1, -0.05) is 12.1 Å². The van der Waals surface area contributed by atoms with Crippen LogP contribution in [0.2, 0.25) is 0 Å². The van der Waals surface area contributed by atoms with E-state index in [0.717, 1.165) is 6.92 Å². The molecular formula is C24H37N7O9. The van der Waals surface area contributed by atoms with Crippen LogP contribution in [0.1, 0.15) is 38.2 Å². The number of nitrogens with zero attached hydrogens (tertiary/aromatic N) is 1. The Morgan fingerprint density at radius 2 is 1.45 bits per heavy atom. The molecule has 5 unspecified atom stereocenters. The lowest BCUT2D eigenvalue weighted by Crippen LogP contribution is -2.58. The van der Waals surface area contributed by atoms with Crippen molar-refractivity contribution in [2.24, 2.45) is 22.2 Å². The number of nitrogens with two attached hydrogens (primary N) is 3. The lowest BCUT2D eigenvalue weighted by molar-refractivity contribution is -0.145. The van der Waals surface area contributed by atoms with Crippen molar-refractivity contribution in [3.05, 3.63) is 29.8 Å². The quantitative estimate of drug-likeness (QED) is 0.0515. The van der Waals surface area contributed by atoms with Crippen molar-refractivity contribution < 1.29 is 44.4 Å². The Morgan fingerprint density at radius 3 is 1.98 bits per heavy atom. The van der Waals surface area contributed by atoms with E-state index in [4.69, 9.17) is 22.3 Å². The molecule has 0 spiro atoms. The van der Waals surface area contributed by atoms with Crippen LogP contribution in [0.5, 0.6) is 5.75 Å². The van der Waals surface area contributed by atoms with Crippen molar-refractivity contribution in [2.45, 2.75) is 69.3 Å². The molecule has 16 nitrogen and oxygen atoms in total. The maximum atomic E-state index is 13.2. The molecule has 16 heteroatoms. The highest BCUT2D eigenvalue weighted by Crippen LogP contribution is 2.11. The van der Waals surface area contributed by atoms with Crippen LogP contribution in [0.15, 0.2) is 29.3 Å². The highest BCUT2D eigenvalue weighted by molar-refractivity contribution is 5.94. The molecular weight excluding hydrogens is 530 g/mol. The molecule has 0 aromatic heterocycles. The second-order valence-corrected chi connectivity index (χ2v) is 9.05. The number of carbonyl (C=O) groups excluding carboxylic acids is 3. The van der Waals surface area contributed by atoms with E-state index in [1.54, 1.807) is 12.1 Å². The first kappa shape index (κ1) is 33.6. The van der Waals surface area contributed by atoms with Gasteiger partial charge in [0, 0.05) is 13.0 Å². The largest absolute Gasteiger partial charge is 0.508 e. The minimum atomic E-state index is -1.72. The monoisotopic (exact) mass is 567 g/mol. The number of nitrogens with one attached hydrogen (secondary N) is 3. The molecule has 222 valence electrons. The number of amides is 3. The third-order valence-corrected chi connectivity index (χ3v) is 5.63. The van der Waals surface area contributed by atoms with Crippen LogP contribution >= 0.6 is 0 Å². The Bertz CT molecular complexity index is 1060. The van der Waals surface area contributed by atoms with E-state index in [0.29, 0.717) is 5.56 Å². The number of aliphatic hydroxyl groups is 1. The number of carboxylic acids is 2. The van der Waals surface area contributed by atoms with E-state index in [2.05, 4.69) is 20.9 Å². The maximum absolute atomic E-state index is 13.2. The minimum absolute atomic E-state index is 0.00101. The van der Waals surface area contributed by atoms with Crippen LogP contribution in [0, 0.1) is 0 Å². The van der Waals surface area contributed by atoms with E-state index in [9.17, 15) is 39.3 Å². The van der Waals surface area contributed by atoms with Gasteiger partial charge >= 0.3 is 11.9 Å². The Labute approximate surface area is 230 Å². The van der Waals surface area contributed by atoms with E-state index in [1.165, 1.54) is 12.1 Å². The molecule has 0 heterocycles. The molecule has 13 N–H and O–H groups in total. The number of phenolic OH excluding ortho intramolecular Hbond substituents is 1. The Kier molecular flexibility index (Phi) is 13.9. The molecule has 1 aromatic carbocycles. The number of aliphatic hydroxyl groups excluding tert-OH is 1. The van der Waals surface area contributed by atoms with Crippen molar-refractivity contribution in [3.8, 4) is 5.75 Å². The average molecular weight is 568 g/mol. The Balaban J connectivity index is 3.07. The molecule has 0 radical (unpaired) electrons. The van der Waals surface area contributed by atoms with Gasteiger partial charge in [-0.25, -0.2) is 4.79 Å². The Morgan fingerprint density at radius 1 is 0.900 bits per heavy atom. The van der Waals surface area contributed by atoms with Gasteiger partial charge < -0.3 is 53.6 Å². The second kappa shape index (κ2) is 16.5. The molecule has 0 aliphatic heterocycles. The summed E-state index contributed by atoms with van der Waals surface area (Å²) in [7, 11) is 0. The van der Waals surface area contributed by atoms with E-state index < -0.39 is 72.8 Å². The van der Waals surface area contributed by atoms with Crippen molar-refractivity contribution in [2.75, 3.05) is 6.54 Å². The van der Waals surface area contributed by atoms with Gasteiger partial charge in [0.2, 0.25) is 17.7 Å². The number of aliphatic imine (C=N–C) groups is 1. The smallest absolute Gasteiger partial charge is 0.328 e. The van der Waals surface area contributed by atoms with Crippen molar-refractivity contribution >= 4 is 35.6 Å². The standard InChI is InChI=1S/C24H37N7O9/c1-12(32)19(23(39)40)31-22(38)17(8-9-18(34)35)30-21(37)16(3-2-10-28-24(26)27)29-20(36)15(25)11-13-4-6-14(33)7-5-13/h4-7,12,15-17,19,32-33H,2-3,8-11,25H2,1H3,(H,29,36)(H,30,37)(H,31,38)(H,34,35)(H,39,40)(H4,26,27,28). The van der Waals surface area contributed by atoms with Gasteiger partial charge in [-0.3, -0.25) is 24.2 Å². The van der Waals surface area contributed by atoms with Crippen LogP contribution in [0.3, 0.4) is 0 Å². The molecule has 0 aliphatic rings.